The van der Waals surface area contributed by atoms with Crippen molar-refractivity contribution >= 4 is 82.6 Å². The molecular weight excluding hydrogens is 522 g/mol. The van der Waals surface area contributed by atoms with E-state index in [-0.39, 0.29) is 5.02 Å². The summed E-state index contributed by atoms with van der Waals surface area (Å²) in [7, 11) is 0. The number of rotatable bonds is 0. The highest BCUT2D eigenvalue weighted by Gasteiger charge is 2.29. The molecule has 20 heavy (non-hydrogen) atoms. The third kappa shape index (κ3) is 2.36. The van der Waals surface area contributed by atoms with Gasteiger partial charge in [0, 0.05) is 15.0 Å². The second-order valence-electron chi connectivity index (χ2n) is 3.83. The predicted octanol–water partition coefficient (Wildman–Crippen LogP) is 7.83. The maximum atomic E-state index is 6.21. The zero-order chi connectivity index (χ0) is 14.6. The number of hydrogen-bond acceptors (Lipinski definition) is 2. The molecule has 0 unspecified atom stereocenters. The van der Waals surface area contributed by atoms with Crippen LogP contribution in [0.3, 0.4) is 0 Å². The molecule has 0 aromatic heterocycles. The summed E-state index contributed by atoms with van der Waals surface area (Å²) in [4.78, 5) is 0. The molecule has 104 valence electrons. The average Bonchev–Trinajstić information content (AvgIpc) is 2.41. The van der Waals surface area contributed by atoms with E-state index in [0.29, 0.717) is 46.5 Å². The van der Waals surface area contributed by atoms with Crippen LogP contribution in [0.2, 0.25) is 15.1 Å². The van der Waals surface area contributed by atoms with Crippen molar-refractivity contribution in [3.05, 3.63) is 40.6 Å². The van der Waals surface area contributed by atoms with E-state index in [4.69, 9.17) is 44.3 Å². The first-order valence-electron chi connectivity index (χ1n) is 5.11. The van der Waals surface area contributed by atoms with Gasteiger partial charge in [0.25, 0.3) is 0 Å². The van der Waals surface area contributed by atoms with E-state index in [2.05, 4.69) is 47.8 Å². The molecule has 0 saturated heterocycles. The minimum Gasteiger partial charge on any atom is -0.448 e. The molecule has 1 heterocycles. The van der Waals surface area contributed by atoms with Crippen LogP contribution >= 0.6 is 82.6 Å². The van der Waals surface area contributed by atoms with Gasteiger partial charge in [0.2, 0.25) is 0 Å². The standard InChI is InChI=1S/C12H2Br3Cl3O2/c13-3-1-5(15)10-12(8(3)17)20-11-6(19-10)2-4(14)7(16)9(11)18/h1-2H. The monoisotopic (exact) mass is 520 g/mol. The lowest BCUT2D eigenvalue weighted by Crippen LogP contribution is -2.02. The number of fused-ring (bicyclic) bond motifs is 2. The minimum absolute atomic E-state index is 0.258. The SMILES string of the molecule is Clc1c(Br)cc2c(c1Cl)Oc1c(Cl)c(Br)cc(Br)c1O2. The van der Waals surface area contributed by atoms with Gasteiger partial charge in [-0.2, -0.15) is 0 Å². The summed E-state index contributed by atoms with van der Waals surface area (Å²) in [5.41, 5.74) is 0. The Balaban J connectivity index is 2.24. The smallest absolute Gasteiger partial charge is 0.191 e. The second kappa shape index (κ2) is 5.52. The molecule has 3 rings (SSSR count). The normalized spacial score (nSPS) is 12.3. The van der Waals surface area contributed by atoms with Crippen molar-refractivity contribution < 1.29 is 9.47 Å². The van der Waals surface area contributed by atoms with Gasteiger partial charge in [0.1, 0.15) is 10.0 Å². The van der Waals surface area contributed by atoms with Crippen molar-refractivity contribution in [2.24, 2.45) is 0 Å². The highest BCUT2D eigenvalue weighted by atomic mass is 79.9. The Hall–Kier alpha value is 0.350. The van der Waals surface area contributed by atoms with Gasteiger partial charge in [-0.1, -0.05) is 34.8 Å². The van der Waals surface area contributed by atoms with Crippen LogP contribution < -0.4 is 9.47 Å². The fraction of sp³-hybridized carbons (Fsp3) is 0. The van der Waals surface area contributed by atoms with E-state index in [1.807, 2.05) is 0 Å². The van der Waals surface area contributed by atoms with E-state index >= 15 is 0 Å². The van der Waals surface area contributed by atoms with E-state index in [1.54, 1.807) is 12.1 Å². The van der Waals surface area contributed by atoms with Crippen LogP contribution in [0.25, 0.3) is 0 Å². The zero-order valence-corrected chi connectivity index (χ0v) is 16.3. The Bertz CT molecular complexity index is 750. The summed E-state index contributed by atoms with van der Waals surface area (Å²) >= 11 is 28.5. The minimum atomic E-state index is 0.258. The maximum absolute atomic E-state index is 6.21. The van der Waals surface area contributed by atoms with Crippen LogP contribution in [-0.2, 0) is 0 Å². The van der Waals surface area contributed by atoms with E-state index in [9.17, 15) is 0 Å². The van der Waals surface area contributed by atoms with Crippen molar-refractivity contribution in [2.45, 2.75) is 0 Å². The Morgan fingerprint density at radius 1 is 0.650 bits per heavy atom. The molecule has 1 aliphatic rings. The molecule has 0 bridgehead atoms. The number of benzene rings is 2. The van der Waals surface area contributed by atoms with Gasteiger partial charge >= 0.3 is 0 Å². The van der Waals surface area contributed by atoms with Crippen LogP contribution in [-0.4, -0.2) is 0 Å². The lowest BCUT2D eigenvalue weighted by Gasteiger charge is -2.24. The summed E-state index contributed by atoms with van der Waals surface area (Å²) in [5.74, 6) is 1.65. The van der Waals surface area contributed by atoms with Gasteiger partial charge in [-0.05, 0) is 53.9 Å². The highest BCUT2D eigenvalue weighted by molar-refractivity contribution is 9.11. The molecule has 0 N–H and O–H groups in total. The molecule has 8 heteroatoms. The molecule has 0 fully saturated rings. The number of halogens is 6. The number of hydrogen-bond donors (Lipinski definition) is 0. The van der Waals surface area contributed by atoms with E-state index in [0.717, 1.165) is 0 Å². The zero-order valence-electron chi connectivity index (χ0n) is 9.24. The summed E-state index contributed by atoms with van der Waals surface area (Å²) in [5, 5.41) is 1.00. The van der Waals surface area contributed by atoms with Crippen LogP contribution in [0.15, 0.2) is 25.6 Å². The lowest BCUT2D eigenvalue weighted by atomic mass is 10.2. The van der Waals surface area contributed by atoms with Crippen LogP contribution in [0, 0.1) is 0 Å². The summed E-state index contributed by atoms with van der Waals surface area (Å²) in [6.07, 6.45) is 0. The quantitative estimate of drug-likeness (QED) is 0.221. The fourth-order valence-electron chi connectivity index (χ4n) is 1.68. The van der Waals surface area contributed by atoms with Crippen LogP contribution in [0.4, 0.5) is 0 Å². The molecule has 0 spiro atoms. The average molecular weight is 524 g/mol. The highest BCUT2D eigenvalue weighted by Crippen LogP contribution is 2.57. The van der Waals surface area contributed by atoms with Gasteiger partial charge in [0.05, 0.1) is 9.50 Å². The Morgan fingerprint density at radius 3 is 2.00 bits per heavy atom. The predicted molar refractivity (Wildman–Crippen MR) is 91.2 cm³/mol. The molecule has 0 aliphatic carbocycles. The van der Waals surface area contributed by atoms with Gasteiger partial charge in [-0.15, -0.1) is 0 Å². The molecule has 0 radical (unpaired) electrons. The largest absolute Gasteiger partial charge is 0.448 e. The molecular formula is C12H2Br3Cl3O2. The molecule has 2 nitrogen and oxygen atoms in total. The first-order valence-corrected chi connectivity index (χ1v) is 8.62. The first-order chi connectivity index (χ1) is 9.40. The van der Waals surface area contributed by atoms with Crippen molar-refractivity contribution in [1.82, 2.24) is 0 Å². The van der Waals surface area contributed by atoms with Crippen molar-refractivity contribution in [1.29, 1.82) is 0 Å². The molecule has 0 amide bonds. The van der Waals surface area contributed by atoms with Gasteiger partial charge in [-0.3, -0.25) is 0 Å². The van der Waals surface area contributed by atoms with Crippen LogP contribution in [0.5, 0.6) is 23.0 Å². The lowest BCUT2D eigenvalue weighted by molar-refractivity contribution is 0.357. The molecule has 1 aliphatic heterocycles. The third-order valence-corrected chi connectivity index (χ3v) is 6.11. The third-order valence-electron chi connectivity index (χ3n) is 2.59. The summed E-state index contributed by atoms with van der Waals surface area (Å²) < 4.78 is 13.6. The van der Waals surface area contributed by atoms with Gasteiger partial charge in [-0.25, -0.2) is 0 Å². The Morgan fingerprint density at radius 2 is 1.30 bits per heavy atom. The molecule has 0 saturated carbocycles. The van der Waals surface area contributed by atoms with Gasteiger partial charge in [0.15, 0.2) is 23.0 Å². The first kappa shape index (κ1) is 15.3. The Labute approximate surface area is 154 Å². The van der Waals surface area contributed by atoms with Crippen molar-refractivity contribution in [2.75, 3.05) is 0 Å². The van der Waals surface area contributed by atoms with E-state index < -0.39 is 0 Å². The van der Waals surface area contributed by atoms with Crippen molar-refractivity contribution in [3.63, 3.8) is 0 Å². The fourth-order valence-corrected chi connectivity index (χ4v) is 3.96. The Kier molecular flexibility index (Phi) is 4.21. The summed E-state index contributed by atoms with van der Waals surface area (Å²) in [6, 6.07) is 3.47. The number of ether oxygens (including phenoxy) is 2. The maximum Gasteiger partial charge on any atom is 0.191 e. The summed E-state index contributed by atoms with van der Waals surface area (Å²) in [6.45, 7) is 0. The van der Waals surface area contributed by atoms with E-state index in [1.165, 1.54) is 0 Å². The van der Waals surface area contributed by atoms with Gasteiger partial charge < -0.3 is 9.47 Å². The molecule has 2 aromatic rings. The van der Waals surface area contributed by atoms with Crippen molar-refractivity contribution in [3.8, 4) is 23.0 Å². The topological polar surface area (TPSA) is 18.5 Å². The van der Waals surface area contributed by atoms with Crippen LogP contribution in [0.1, 0.15) is 0 Å². The second-order valence-corrected chi connectivity index (χ2v) is 7.53. The molecule has 2 aromatic carbocycles. The molecule has 0 atom stereocenters.